The van der Waals surface area contributed by atoms with E-state index in [1.54, 1.807) is 12.1 Å². The summed E-state index contributed by atoms with van der Waals surface area (Å²) in [6.07, 6.45) is 0. The molecule has 1 aromatic heterocycles. The van der Waals surface area contributed by atoms with Crippen LogP contribution in [0.2, 0.25) is 0 Å². The first-order chi connectivity index (χ1) is 8.15. The summed E-state index contributed by atoms with van der Waals surface area (Å²) < 4.78 is 19.5. The molecule has 1 aliphatic heterocycles. The molecule has 0 radical (unpaired) electrons. The van der Waals surface area contributed by atoms with Gasteiger partial charge in [0, 0.05) is 15.6 Å². The highest BCUT2D eigenvalue weighted by Crippen LogP contribution is 2.42. The number of aromatic nitrogens is 1. The average molecular weight is 292 g/mol. The van der Waals surface area contributed by atoms with Crippen molar-refractivity contribution in [2.45, 2.75) is 0 Å². The van der Waals surface area contributed by atoms with Gasteiger partial charge < -0.3 is 4.74 Å². The molecule has 0 saturated carbocycles. The third-order valence-electron chi connectivity index (χ3n) is 2.62. The average Bonchev–Trinajstić information content (AvgIpc) is 2.30. The van der Waals surface area contributed by atoms with Gasteiger partial charge in [0.25, 0.3) is 0 Å². The summed E-state index contributed by atoms with van der Waals surface area (Å²) in [5.74, 6) is 0.353. The van der Waals surface area contributed by atoms with Gasteiger partial charge in [-0.1, -0.05) is 22.5 Å². The molecule has 0 spiro atoms. The molecule has 0 N–H and O–H groups in total. The van der Waals surface area contributed by atoms with Crippen LogP contribution in [0.15, 0.2) is 41.4 Å². The molecule has 17 heavy (non-hydrogen) atoms. The first kappa shape index (κ1) is 10.5. The lowest BCUT2D eigenvalue weighted by Crippen LogP contribution is -2.04. The van der Waals surface area contributed by atoms with Crippen LogP contribution in [0.3, 0.4) is 0 Å². The molecule has 1 aliphatic rings. The fourth-order valence-electron chi connectivity index (χ4n) is 1.80. The van der Waals surface area contributed by atoms with Crippen molar-refractivity contribution in [2.75, 3.05) is 0 Å². The Bertz CT molecular complexity index is 639. The van der Waals surface area contributed by atoms with Gasteiger partial charge in [0.2, 0.25) is 11.8 Å². The number of ether oxygens (including phenoxy) is 1. The molecular weight excluding hydrogens is 285 g/mol. The van der Waals surface area contributed by atoms with Crippen LogP contribution in [0.1, 0.15) is 11.1 Å². The number of hydrogen-bond donors (Lipinski definition) is 0. The molecule has 0 fully saturated rings. The summed E-state index contributed by atoms with van der Waals surface area (Å²) in [5.41, 5.74) is 2.40. The lowest BCUT2D eigenvalue weighted by atomic mass is 9.98. The molecule has 2 nitrogen and oxygen atoms in total. The van der Waals surface area contributed by atoms with Crippen molar-refractivity contribution < 1.29 is 9.13 Å². The van der Waals surface area contributed by atoms with Crippen LogP contribution < -0.4 is 4.74 Å². The highest BCUT2D eigenvalue weighted by Gasteiger charge is 2.22. The summed E-state index contributed by atoms with van der Waals surface area (Å²) >= 11 is 3.40. The number of rotatable bonds is 0. The Morgan fingerprint density at radius 1 is 1.18 bits per heavy atom. The molecule has 4 heteroatoms. The summed E-state index contributed by atoms with van der Waals surface area (Å²) in [6, 6.07) is 8.51. The normalized spacial score (nSPS) is 12.7. The van der Waals surface area contributed by atoms with Crippen molar-refractivity contribution in [3.63, 3.8) is 0 Å². The number of fused-ring (bicyclic) bond motifs is 2. The molecule has 0 atom stereocenters. The van der Waals surface area contributed by atoms with Gasteiger partial charge in [-0.2, -0.15) is 9.37 Å². The molecule has 0 amide bonds. The lowest BCUT2D eigenvalue weighted by Gasteiger charge is -2.21. The van der Waals surface area contributed by atoms with Crippen LogP contribution in [-0.4, -0.2) is 4.98 Å². The first-order valence-corrected chi connectivity index (χ1v) is 5.78. The Morgan fingerprint density at radius 3 is 2.82 bits per heavy atom. The van der Waals surface area contributed by atoms with Crippen molar-refractivity contribution in [3.8, 4) is 11.6 Å². The second kappa shape index (κ2) is 3.67. The third kappa shape index (κ3) is 1.65. The van der Waals surface area contributed by atoms with Crippen molar-refractivity contribution in [2.24, 2.45) is 0 Å². The molecule has 2 aromatic rings. The monoisotopic (exact) mass is 291 g/mol. The van der Waals surface area contributed by atoms with E-state index in [4.69, 9.17) is 4.74 Å². The fraction of sp³-hybridized carbons (Fsp3) is 0. The molecule has 1 aromatic carbocycles. The van der Waals surface area contributed by atoms with E-state index in [-0.39, 0.29) is 5.88 Å². The van der Waals surface area contributed by atoms with Gasteiger partial charge in [-0.15, -0.1) is 0 Å². The van der Waals surface area contributed by atoms with Crippen LogP contribution in [0.25, 0.3) is 5.57 Å². The van der Waals surface area contributed by atoms with Crippen molar-refractivity contribution in [1.29, 1.82) is 0 Å². The van der Waals surface area contributed by atoms with Gasteiger partial charge in [0.05, 0.1) is 0 Å². The second-order valence-corrected chi connectivity index (χ2v) is 4.62. The van der Waals surface area contributed by atoms with Gasteiger partial charge in [0.1, 0.15) is 5.75 Å². The molecule has 0 saturated heterocycles. The highest BCUT2D eigenvalue weighted by atomic mass is 79.9. The van der Waals surface area contributed by atoms with E-state index in [0.29, 0.717) is 5.75 Å². The first-order valence-electron chi connectivity index (χ1n) is 4.99. The lowest BCUT2D eigenvalue weighted by molar-refractivity contribution is 0.437. The smallest absolute Gasteiger partial charge is 0.229 e. The predicted molar refractivity (Wildman–Crippen MR) is 66.5 cm³/mol. The van der Waals surface area contributed by atoms with E-state index >= 15 is 0 Å². The summed E-state index contributed by atoms with van der Waals surface area (Å²) in [4.78, 5) is 3.72. The molecule has 2 heterocycles. The van der Waals surface area contributed by atoms with E-state index in [1.165, 1.54) is 6.07 Å². The number of hydrogen-bond acceptors (Lipinski definition) is 2. The number of nitrogens with zero attached hydrogens (tertiary/aromatic N) is 1. The zero-order valence-corrected chi connectivity index (χ0v) is 10.3. The van der Waals surface area contributed by atoms with Gasteiger partial charge in [-0.25, -0.2) is 0 Å². The number of pyridine rings is 1. The van der Waals surface area contributed by atoms with Crippen LogP contribution in [-0.2, 0) is 0 Å². The summed E-state index contributed by atoms with van der Waals surface area (Å²) in [6.45, 7) is 4.00. The van der Waals surface area contributed by atoms with Gasteiger partial charge in [-0.3, -0.25) is 0 Å². The molecule has 0 unspecified atom stereocenters. The zero-order chi connectivity index (χ0) is 12.0. The maximum absolute atomic E-state index is 13.0. The van der Waals surface area contributed by atoms with Crippen LogP contribution in [0, 0.1) is 5.95 Å². The molecule has 0 aliphatic carbocycles. The Kier molecular flexibility index (Phi) is 2.26. The van der Waals surface area contributed by atoms with Gasteiger partial charge >= 0.3 is 0 Å². The van der Waals surface area contributed by atoms with Crippen molar-refractivity contribution in [3.05, 3.63) is 58.5 Å². The Balaban J connectivity index is 2.21. The quantitative estimate of drug-likeness (QED) is 0.581. The van der Waals surface area contributed by atoms with Gasteiger partial charge in [-0.05, 0) is 35.9 Å². The minimum atomic E-state index is -0.558. The van der Waals surface area contributed by atoms with Crippen molar-refractivity contribution >= 4 is 21.5 Å². The maximum Gasteiger partial charge on any atom is 0.229 e. The maximum atomic E-state index is 13.0. The van der Waals surface area contributed by atoms with E-state index < -0.39 is 5.95 Å². The Hall–Kier alpha value is -1.68. The molecule has 84 valence electrons. The molecular formula is C13H7BrFNO. The zero-order valence-electron chi connectivity index (χ0n) is 8.71. The second-order valence-electron chi connectivity index (χ2n) is 3.71. The van der Waals surface area contributed by atoms with E-state index in [1.807, 2.05) is 12.1 Å². The van der Waals surface area contributed by atoms with Crippen molar-refractivity contribution in [1.82, 2.24) is 4.98 Å². The third-order valence-corrected chi connectivity index (χ3v) is 3.12. The Morgan fingerprint density at radius 2 is 2.00 bits per heavy atom. The van der Waals surface area contributed by atoms with E-state index in [0.717, 1.165) is 21.2 Å². The minimum Gasteiger partial charge on any atom is -0.438 e. The predicted octanol–water partition coefficient (Wildman–Crippen LogP) is 4.15. The summed E-state index contributed by atoms with van der Waals surface area (Å²) in [7, 11) is 0. The topological polar surface area (TPSA) is 22.1 Å². The van der Waals surface area contributed by atoms with Crippen LogP contribution >= 0.6 is 15.9 Å². The largest absolute Gasteiger partial charge is 0.438 e. The van der Waals surface area contributed by atoms with E-state index in [2.05, 4.69) is 27.5 Å². The van der Waals surface area contributed by atoms with E-state index in [9.17, 15) is 4.39 Å². The van der Waals surface area contributed by atoms with Gasteiger partial charge in [0.15, 0.2) is 0 Å². The minimum absolute atomic E-state index is 0.268. The fourth-order valence-corrected chi connectivity index (χ4v) is 2.16. The SMILES string of the molecule is C=C1c2cc(Br)ccc2Oc2nc(F)ccc21. The number of halogens is 2. The van der Waals surface area contributed by atoms with Crippen LogP contribution in [0.5, 0.6) is 11.6 Å². The highest BCUT2D eigenvalue weighted by molar-refractivity contribution is 9.10. The molecule has 3 rings (SSSR count). The summed E-state index contributed by atoms with van der Waals surface area (Å²) in [5, 5.41) is 0. The number of benzene rings is 1. The Labute approximate surface area is 106 Å². The molecule has 0 bridgehead atoms. The van der Waals surface area contributed by atoms with Crippen LogP contribution in [0.4, 0.5) is 4.39 Å². The standard InChI is InChI=1S/C13H7BrFNO/c1-7-9-3-5-12(15)16-13(9)17-11-4-2-8(14)6-10(7)11/h2-6H,1H2.